The summed E-state index contributed by atoms with van der Waals surface area (Å²) in [5, 5.41) is 9.77. The Morgan fingerprint density at radius 2 is 1.93 bits per heavy atom. The van der Waals surface area contributed by atoms with E-state index in [0.29, 0.717) is 45.9 Å². The second kappa shape index (κ2) is 11.5. The molecule has 0 radical (unpaired) electrons. The van der Waals surface area contributed by atoms with Gasteiger partial charge in [0.2, 0.25) is 5.88 Å². The zero-order chi connectivity index (χ0) is 27.6. The van der Waals surface area contributed by atoms with E-state index in [0.717, 1.165) is 51.0 Å². The van der Waals surface area contributed by atoms with E-state index in [-0.39, 0.29) is 30.1 Å². The molecule has 1 N–H and O–H groups in total. The van der Waals surface area contributed by atoms with Crippen LogP contribution in [-0.2, 0) is 24.1 Å². The van der Waals surface area contributed by atoms with Gasteiger partial charge in [-0.05, 0) is 67.9 Å². The average Bonchev–Trinajstić information content (AvgIpc) is 3.25. The van der Waals surface area contributed by atoms with E-state index < -0.39 is 5.97 Å². The summed E-state index contributed by atoms with van der Waals surface area (Å²) in [6, 6.07) is 9.55. The third kappa shape index (κ3) is 5.93. The van der Waals surface area contributed by atoms with Crippen LogP contribution in [0, 0.1) is 11.7 Å². The van der Waals surface area contributed by atoms with Crippen LogP contribution >= 0.6 is 11.6 Å². The van der Waals surface area contributed by atoms with Crippen molar-refractivity contribution in [2.75, 3.05) is 6.61 Å². The van der Waals surface area contributed by atoms with Gasteiger partial charge in [-0.1, -0.05) is 17.7 Å². The fourth-order valence-corrected chi connectivity index (χ4v) is 5.56. The maximum atomic E-state index is 14.2. The number of carboxylic acids is 1. The van der Waals surface area contributed by atoms with Gasteiger partial charge in [0.15, 0.2) is 11.3 Å². The van der Waals surface area contributed by atoms with Gasteiger partial charge in [-0.15, -0.1) is 0 Å². The first kappa shape index (κ1) is 26.6. The number of aromatic nitrogens is 5. The number of hydrogen-bond acceptors (Lipinski definition) is 7. The first-order valence-corrected chi connectivity index (χ1v) is 13.9. The standard InChI is InChI=1S/C29H29ClFN5O4/c30-19-4-3-18(22(31)15-19)14-25-32-11-9-27(35-25)40-20-5-1-17(2-6-20)13-26-33-23-7-8-24(29(37)38)34-28(23)36(26)16-21-10-12-39-21/h3-4,7-9,11,15,17,20-21H,1-2,5-6,10,12-14,16H2,(H,37,38)/t17-,20+,21-/m0/s1. The highest BCUT2D eigenvalue weighted by molar-refractivity contribution is 6.30. The Kier molecular flexibility index (Phi) is 7.62. The van der Waals surface area contributed by atoms with Crippen LogP contribution in [0.2, 0.25) is 5.02 Å². The predicted molar refractivity (Wildman–Crippen MR) is 145 cm³/mol. The van der Waals surface area contributed by atoms with Crippen LogP contribution in [0.4, 0.5) is 4.39 Å². The van der Waals surface area contributed by atoms with Gasteiger partial charge in [0.25, 0.3) is 0 Å². The number of pyridine rings is 1. The number of halogens is 2. The topological polar surface area (TPSA) is 112 Å². The number of carboxylic acid groups (broad SMARTS) is 1. The van der Waals surface area contributed by atoms with Crippen molar-refractivity contribution in [1.29, 1.82) is 0 Å². The Labute approximate surface area is 235 Å². The Morgan fingerprint density at radius 3 is 2.65 bits per heavy atom. The summed E-state index contributed by atoms with van der Waals surface area (Å²) in [7, 11) is 0. The number of fused-ring (bicyclic) bond motifs is 1. The minimum absolute atomic E-state index is 0.0126. The first-order chi connectivity index (χ1) is 19.4. The number of benzene rings is 1. The molecule has 0 spiro atoms. The lowest BCUT2D eigenvalue weighted by molar-refractivity contribution is -0.0591. The molecule has 0 amide bonds. The molecule has 9 nitrogen and oxygen atoms in total. The lowest BCUT2D eigenvalue weighted by Crippen LogP contribution is -2.32. The minimum atomic E-state index is -1.05. The Hall–Kier alpha value is -3.63. The summed E-state index contributed by atoms with van der Waals surface area (Å²) in [5.41, 5.74) is 1.79. The molecular formula is C29H29ClFN5O4. The normalized spacial score (nSPS) is 20.8. The van der Waals surface area contributed by atoms with E-state index in [4.69, 9.17) is 26.1 Å². The van der Waals surface area contributed by atoms with Crippen molar-refractivity contribution in [1.82, 2.24) is 24.5 Å². The number of imidazole rings is 1. The molecule has 2 aliphatic rings. The zero-order valence-electron chi connectivity index (χ0n) is 21.8. The van der Waals surface area contributed by atoms with E-state index in [1.165, 1.54) is 12.1 Å². The molecule has 4 aromatic rings. The van der Waals surface area contributed by atoms with E-state index in [1.54, 1.807) is 30.5 Å². The summed E-state index contributed by atoms with van der Waals surface area (Å²) in [5.74, 6) is 0.882. The summed E-state index contributed by atoms with van der Waals surface area (Å²) >= 11 is 5.86. The smallest absolute Gasteiger partial charge is 0.354 e. The maximum Gasteiger partial charge on any atom is 0.354 e. The molecule has 40 heavy (non-hydrogen) atoms. The molecule has 1 atom stereocenters. The van der Waals surface area contributed by atoms with Crippen LogP contribution in [0.5, 0.6) is 5.88 Å². The number of carbonyl (C=O) groups is 1. The average molecular weight is 566 g/mol. The van der Waals surface area contributed by atoms with E-state index in [1.807, 2.05) is 4.57 Å². The molecule has 1 saturated heterocycles. The number of nitrogens with zero attached hydrogens (tertiary/aromatic N) is 5. The van der Waals surface area contributed by atoms with Crippen molar-refractivity contribution in [3.63, 3.8) is 0 Å². The molecular weight excluding hydrogens is 537 g/mol. The summed E-state index contributed by atoms with van der Waals surface area (Å²) < 4.78 is 28.1. The second-order valence-electron chi connectivity index (χ2n) is 10.5. The molecule has 1 aliphatic carbocycles. The maximum absolute atomic E-state index is 14.2. The molecule has 1 aromatic carbocycles. The van der Waals surface area contributed by atoms with Crippen LogP contribution in [0.15, 0.2) is 42.6 Å². The molecule has 6 rings (SSSR count). The lowest BCUT2D eigenvalue weighted by atomic mass is 9.85. The van der Waals surface area contributed by atoms with Gasteiger partial charge in [-0.25, -0.2) is 24.1 Å². The van der Waals surface area contributed by atoms with Gasteiger partial charge in [-0.3, -0.25) is 0 Å². The molecule has 2 fully saturated rings. The molecule has 208 valence electrons. The molecule has 3 aromatic heterocycles. The van der Waals surface area contributed by atoms with Crippen molar-refractivity contribution >= 4 is 28.7 Å². The number of hydrogen-bond donors (Lipinski definition) is 1. The zero-order valence-corrected chi connectivity index (χ0v) is 22.6. The summed E-state index contributed by atoms with van der Waals surface area (Å²) in [6.07, 6.45) is 7.47. The number of aromatic carboxylic acids is 1. The van der Waals surface area contributed by atoms with Crippen LogP contribution in [0.25, 0.3) is 11.2 Å². The quantitative estimate of drug-likeness (QED) is 0.292. The van der Waals surface area contributed by atoms with Crippen LogP contribution in [0.1, 0.15) is 59.8 Å². The van der Waals surface area contributed by atoms with Crippen molar-refractivity contribution in [3.05, 3.63) is 76.3 Å². The van der Waals surface area contributed by atoms with Gasteiger partial charge >= 0.3 is 5.97 Å². The van der Waals surface area contributed by atoms with Gasteiger partial charge in [0, 0.05) is 36.7 Å². The van der Waals surface area contributed by atoms with E-state index in [2.05, 4.69) is 15.0 Å². The fraction of sp³-hybridized carbons (Fsp3) is 0.414. The van der Waals surface area contributed by atoms with Crippen molar-refractivity contribution in [3.8, 4) is 5.88 Å². The summed E-state index contributed by atoms with van der Waals surface area (Å²) in [4.78, 5) is 29.5. The Balaban J connectivity index is 1.09. The van der Waals surface area contributed by atoms with Gasteiger partial charge in [-0.2, -0.15) is 4.98 Å². The van der Waals surface area contributed by atoms with Crippen molar-refractivity contribution < 1.29 is 23.8 Å². The highest BCUT2D eigenvalue weighted by Gasteiger charge is 2.27. The number of ether oxygens (including phenoxy) is 2. The van der Waals surface area contributed by atoms with Gasteiger partial charge < -0.3 is 19.1 Å². The predicted octanol–water partition coefficient (Wildman–Crippen LogP) is 5.27. The SMILES string of the molecule is O=C(O)c1ccc2nc(C[C@H]3CC[C@@H](Oc4ccnc(Cc5ccc(Cl)cc5F)n4)CC3)n(C[C@@H]3CCO3)c2n1. The van der Waals surface area contributed by atoms with Gasteiger partial charge in [0.05, 0.1) is 12.6 Å². The third-order valence-corrected chi connectivity index (χ3v) is 7.90. The highest BCUT2D eigenvalue weighted by atomic mass is 35.5. The Bertz CT molecular complexity index is 1530. The van der Waals surface area contributed by atoms with Crippen LogP contribution in [-0.4, -0.2) is 54.4 Å². The van der Waals surface area contributed by atoms with Crippen LogP contribution in [0.3, 0.4) is 0 Å². The van der Waals surface area contributed by atoms with E-state index >= 15 is 0 Å². The molecule has 4 heterocycles. The van der Waals surface area contributed by atoms with E-state index in [9.17, 15) is 14.3 Å². The molecule has 1 saturated carbocycles. The van der Waals surface area contributed by atoms with Crippen molar-refractivity contribution in [2.45, 2.75) is 63.7 Å². The first-order valence-electron chi connectivity index (χ1n) is 13.5. The monoisotopic (exact) mass is 565 g/mol. The summed E-state index contributed by atoms with van der Waals surface area (Å²) in [6.45, 7) is 1.37. The lowest BCUT2D eigenvalue weighted by Gasteiger charge is -2.30. The molecule has 0 unspecified atom stereocenters. The minimum Gasteiger partial charge on any atom is -0.477 e. The van der Waals surface area contributed by atoms with Gasteiger partial charge in [0.1, 0.15) is 29.1 Å². The molecule has 11 heteroatoms. The third-order valence-electron chi connectivity index (χ3n) is 7.67. The largest absolute Gasteiger partial charge is 0.477 e. The molecule has 0 bridgehead atoms. The second-order valence-corrected chi connectivity index (χ2v) is 10.9. The Morgan fingerprint density at radius 1 is 1.10 bits per heavy atom. The van der Waals surface area contributed by atoms with Crippen molar-refractivity contribution in [2.24, 2.45) is 5.92 Å². The fourth-order valence-electron chi connectivity index (χ4n) is 5.40. The highest BCUT2D eigenvalue weighted by Crippen LogP contribution is 2.31. The van der Waals surface area contributed by atoms with Crippen LogP contribution < -0.4 is 4.74 Å². The number of rotatable bonds is 9. The molecule has 1 aliphatic heterocycles.